The van der Waals surface area contributed by atoms with Crippen molar-refractivity contribution in [3.63, 3.8) is 0 Å². The van der Waals surface area contributed by atoms with E-state index >= 15 is 0 Å². The van der Waals surface area contributed by atoms with Crippen molar-refractivity contribution in [1.29, 1.82) is 0 Å². The molecule has 1 aromatic carbocycles. The van der Waals surface area contributed by atoms with Crippen LogP contribution < -0.4 is 5.32 Å². The summed E-state index contributed by atoms with van der Waals surface area (Å²) in [6, 6.07) is 4.66. The van der Waals surface area contributed by atoms with Crippen molar-refractivity contribution in [2.24, 2.45) is 10.9 Å². The van der Waals surface area contributed by atoms with E-state index in [-0.39, 0.29) is 24.9 Å². The molecule has 0 aromatic heterocycles. The fourth-order valence-electron chi connectivity index (χ4n) is 3.57. The van der Waals surface area contributed by atoms with E-state index in [1.807, 2.05) is 4.90 Å². The predicted octanol–water partition coefficient (Wildman–Crippen LogP) is 1.08. The predicted molar refractivity (Wildman–Crippen MR) is 112 cm³/mol. The maximum absolute atomic E-state index is 12.9. The molecule has 1 saturated heterocycles. The minimum atomic E-state index is -1.22. The first kappa shape index (κ1) is 23.0. The Bertz CT molecular complexity index is 909. The first-order valence-corrected chi connectivity index (χ1v) is 10.3. The monoisotopic (exact) mass is 447 g/mol. The van der Waals surface area contributed by atoms with E-state index in [0.717, 1.165) is 0 Å². The lowest BCUT2D eigenvalue weighted by Crippen LogP contribution is -2.58. The van der Waals surface area contributed by atoms with E-state index in [9.17, 15) is 24.5 Å². The zero-order valence-corrected chi connectivity index (χ0v) is 17.9. The average Bonchev–Trinajstić information content (AvgIpc) is 2.79. The van der Waals surface area contributed by atoms with E-state index in [1.54, 1.807) is 18.7 Å². The molecule has 3 rings (SSSR count). The maximum atomic E-state index is 12.9. The molecule has 0 spiro atoms. The number of rotatable bonds is 5. The zero-order chi connectivity index (χ0) is 23.3. The van der Waals surface area contributed by atoms with Gasteiger partial charge < -0.3 is 19.3 Å². The maximum Gasteiger partial charge on any atom is 0.409 e. The fraction of sp³-hybridized carbons (Fsp3) is 0.500. The van der Waals surface area contributed by atoms with Gasteiger partial charge in [0.25, 0.3) is 5.69 Å². The van der Waals surface area contributed by atoms with E-state index < -0.39 is 34.9 Å². The Morgan fingerprint density at radius 1 is 1.12 bits per heavy atom. The molecular formula is C20H25N5O7. The summed E-state index contributed by atoms with van der Waals surface area (Å²) in [5.74, 6) is -2.23. The molecule has 0 radical (unpaired) electrons. The highest BCUT2D eigenvalue weighted by atomic mass is 16.6. The van der Waals surface area contributed by atoms with E-state index in [2.05, 4.69) is 10.3 Å². The second-order valence-electron chi connectivity index (χ2n) is 7.14. The number of hydrogen-bond donors (Lipinski definition) is 1. The Kier molecular flexibility index (Phi) is 7.23. The van der Waals surface area contributed by atoms with Gasteiger partial charge in [0.1, 0.15) is 6.04 Å². The summed E-state index contributed by atoms with van der Waals surface area (Å²) in [7, 11) is 0. The van der Waals surface area contributed by atoms with Crippen molar-refractivity contribution in [3.05, 3.63) is 39.9 Å². The van der Waals surface area contributed by atoms with E-state index in [1.165, 1.54) is 24.3 Å². The fourth-order valence-corrected chi connectivity index (χ4v) is 3.57. The summed E-state index contributed by atoms with van der Waals surface area (Å²) < 4.78 is 10.1. The molecule has 1 fully saturated rings. The third-order valence-electron chi connectivity index (χ3n) is 5.19. The number of nitro groups is 1. The van der Waals surface area contributed by atoms with Gasteiger partial charge in [-0.15, -0.1) is 0 Å². The lowest BCUT2D eigenvalue weighted by atomic mass is 9.91. The number of aliphatic imine (C=N–C) groups is 1. The normalized spacial score (nSPS) is 20.8. The van der Waals surface area contributed by atoms with E-state index in [0.29, 0.717) is 31.7 Å². The number of nitro benzene ring substituents is 1. The first-order valence-electron chi connectivity index (χ1n) is 10.3. The van der Waals surface area contributed by atoms with Crippen LogP contribution in [0.5, 0.6) is 0 Å². The second-order valence-corrected chi connectivity index (χ2v) is 7.14. The van der Waals surface area contributed by atoms with Gasteiger partial charge in [0.05, 0.1) is 18.1 Å². The topological polar surface area (TPSA) is 144 Å². The number of nitrogens with one attached hydrogen (secondary N) is 1. The number of esters is 1. The summed E-state index contributed by atoms with van der Waals surface area (Å²) in [6.45, 7) is 5.35. The Balaban J connectivity index is 1.85. The Hall–Kier alpha value is -3.70. The van der Waals surface area contributed by atoms with Gasteiger partial charge in [0.2, 0.25) is 11.9 Å². The van der Waals surface area contributed by atoms with Gasteiger partial charge in [-0.05, 0) is 19.4 Å². The molecule has 2 heterocycles. The summed E-state index contributed by atoms with van der Waals surface area (Å²) in [5, 5.41) is 13.6. The number of piperazine rings is 1. The van der Waals surface area contributed by atoms with Crippen LogP contribution in [0.3, 0.4) is 0 Å². The van der Waals surface area contributed by atoms with Gasteiger partial charge >= 0.3 is 12.1 Å². The van der Waals surface area contributed by atoms with Gasteiger partial charge in [0.15, 0.2) is 5.92 Å². The van der Waals surface area contributed by atoms with Crippen LogP contribution in [0.15, 0.2) is 29.3 Å². The molecule has 172 valence electrons. The smallest absolute Gasteiger partial charge is 0.409 e. The lowest BCUT2D eigenvalue weighted by molar-refractivity contribution is -0.384. The number of nitrogens with zero attached hydrogens (tertiary/aromatic N) is 4. The van der Waals surface area contributed by atoms with Crippen molar-refractivity contribution in [1.82, 2.24) is 15.1 Å². The molecule has 0 aliphatic carbocycles. The number of carbonyl (C=O) groups excluding carboxylic acids is 3. The largest absolute Gasteiger partial charge is 0.465 e. The molecule has 2 aliphatic rings. The zero-order valence-electron chi connectivity index (χ0n) is 17.9. The Labute approximate surface area is 184 Å². The van der Waals surface area contributed by atoms with Crippen LogP contribution >= 0.6 is 0 Å². The number of hydrogen-bond acceptors (Lipinski definition) is 9. The van der Waals surface area contributed by atoms with Crippen molar-refractivity contribution < 1.29 is 28.8 Å². The average molecular weight is 447 g/mol. The number of ether oxygens (including phenoxy) is 2. The quantitative estimate of drug-likeness (QED) is 0.306. The molecule has 2 aliphatic heterocycles. The van der Waals surface area contributed by atoms with Crippen LogP contribution in [0.1, 0.15) is 25.5 Å². The van der Waals surface area contributed by atoms with Gasteiger partial charge in [-0.1, -0.05) is 12.1 Å². The Morgan fingerprint density at radius 2 is 1.75 bits per heavy atom. The molecule has 1 aromatic rings. The molecule has 12 heteroatoms. The van der Waals surface area contributed by atoms with Crippen molar-refractivity contribution >= 4 is 29.6 Å². The minimum absolute atomic E-state index is 0.0992. The number of non-ortho nitro benzene ring substituents is 1. The van der Waals surface area contributed by atoms with Crippen LogP contribution in [0.2, 0.25) is 0 Å². The summed E-state index contributed by atoms with van der Waals surface area (Å²) in [5.41, 5.74) is 0.368. The minimum Gasteiger partial charge on any atom is -0.465 e. The molecule has 12 nitrogen and oxygen atoms in total. The van der Waals surface area contributed by atoms with Gasteiger partial charge in [-0.25, -0.2) is 9.79 Å². The third kappa shape index (κ3) is 4.95. The summed E-state index contributed by atoms with van der Waals surface area (Å²) in [6.07, 6.45) is -0.395. The SMILES string of the molecule is CCOC(=O)C1C(=O)NC(N2CCN(C(=O)OCC)CC2)=NC1c1ccc([N+](=O)[O-])cc1. The van der Waals surface area contributed by atoms with Crippen LogP contribution in [-0.2, 0) is 19.1 Å². The van der Waals surface area contributed by atoms with E-state index in [4.69, 9.17) is 9.47 Å². The Morgan fingerprint density at radius 3 is 2.31 bits per heavy atom. The van der Waals surface area contributed by atoms with Gasteiger partial charge in [-0.3, -0.25) is 25.0 Å². The van der Waals surface area contributed by atoms with Crippen LogP contribution in [-0.4, -0.2) is 78.0 Å². The van der Waals surface area contributed by atoms with Crippen molar-refractivity contribution in [2.75, 3.05) is 39.4 Å². The highest BCUT2D eigenvalue weighted by molar-refractivity contribution is 6.08. The van der Waals surface area contributed by atoms with Crippen molar-refractivity contribution in [2.45, 2.75) is 19.9 Å². The number of amides is 2. The molecular weight excluding hydrogens is 422 g/mol. The molecule has 1 N–H and O–H groups in total. The summed E-state index contributed by atoms with van der Waals surface area (Å²) in [4.78, 5) is 55.7. The first-order chi connectivity index (χ1) is 15.3. The standard InChI is InChI=1S/C20H25N5O7/c1-3-31-18(27)15-16(13-5-7-14(8-6-13)25(29)30)21-19(22-17(15)26)23-9-11-24(12-10-23)20(28)32-4-2/h5-8,15-16H,3-4,9-12H2,1-2H3,(H,21,22,26). The number of guanidine groups is 1. The second kappa shape index (κ2) is 10.1. The molecule has 2 atom stereocenters. The van der Waals surface area contributed by atoms with Gasteiger partial charge in [0, 0.05) is 38.3 Å². The lowest BCUT2D eigenvalue weighted by Gasteiger charge is -2.38. The number of carbonyl (C=O) groups is 3. The molecule has 32 heavy (non-hydrogen) atoms. The van der Waals surface area contributed by atoms with Gasteiger partial charge in [-0.2, -0.15) is 0 Å². The third-order valence-corrected chi connectivity index (χ3v) is 5.19. The molecule has 2 amide bonds. The van der Waals surface area contributed by atoms with Crippen LogP contribution in [0.25, 0.3) is 0 Å². The van der Waals surface area contributed by atoms with Crippen molar-refractivity contribution in [3.8, 4) is 0 Å². The molecule has 2 unspecified atom stereocenters. The molecule has 0 bridgehead atoms. The van der Waals surface area contributed by atoms with Crippen LogP contribution in [0, 0.1) is 16.0 Å². The highest BCUT2D eigenvalue weighted by Gasteiger charge is 2.42. The number of benzene rings is 1. The summed E-state index contributed by atoms with van der Waals surface area (Å²) >= 11 is 0. The molecule has 0 saturated carbocycles. The highest BCUT2D eigenvalue weighted by Crippen LogP contribution is 2.32. The van der Waals surface area contributed by atoms with Crippen LogP contribution in [0.4, 0.5) is 10.5 Å².